The van der Waals surface area contributed by atoms with E-state index < -0.39 is 10.0 Å². The first kappa shape index (κ1) is 24.4. The van der Waals surface area contributed by atoms with Crippen molar-refractivity contribution in [2.45, 2.75) is 13.1 Å². The molecule has 3 aromatic rings. The first-order valence-corrected chi connectivity index (χ1v) is 12.3. The highest BCUT2D eigenvalue weighted by molar-refractivity contribution is 7.92. The van der Waals surface area contributed by atoms with Gasteiger partial charge in [-0.25, -0.2) is 8.42 Å². The van der Waals surface area contributed by atoms with Gasteiger partial charge in [0.05, 0.1) is 25.6 Å². The SMILES string of the molecule is COc1ccccc1CNC(=O)COc1ccc(N(Cc2ccc(Cl)cc2)S(C)(=O)=O)cc1. The van der Waals surface area contributed by atoms with Crippen LogP contribution in [0.5, 0.6) is 11.5 Å². The summed E-state index contributed by atoms with van der Waals surface area (Å²) in [6.07, 6.45) is 1.15. The Labute approximate surface area is 198 Å². The molecule has 0 fully saturated rings. The molecule has 0 atom stereocenters. The number of hydrogen-bond donors (Lipinski definition) is 1. The van der Waals surface area contributed by atoms with Crippen LogP contribution >= 0.6 is 11.6 Å². The number of halogens is 1. The van der Waals surface area contributed by atoms with E-state index in [0.717, 1.165) is 17.4 Å². The Balaban J connectivity index is 1.58. The van der Waals surface area contributed by atoms with E-state index in [9.17, 15) is 13.2 Å². The van der Waals surface area contributed by atoms with E-state index in [-0.39, 0.29) is 19.1 Å². The second kappa shape index (κ2) is 11.1. The molecule has 0 heterocycles. The number of amides is 1. The van der Waals surface area contributed by atoms with E-state index in [4.69, 9.17) is 21.1 Å². The van der Waals surface area contributed by atoms with Gasteiger partial charge in [0, 0.05) is 17.1 Å². The van der Waals surface area contributed by atoms with Crippen molar-refractivity contribution < 1.29 is 22.7 Å². The van der Waals surface area contributed by atoms with Crippen LogP contribution in [0.1, 0.15) is 11.1 Å². The standard InChI is InChI=1S/C24H25ClN2O5S/c1-31-23-6-4-3-5-19(23)15-26-24(28)17-32-22-13-11-21(12-14-22)27(33(2,29)30)16-18-7-9-20(25)10-8-18/h3-14H,15-17H2,1-2H3,(H,26,28). The number of nitrogens with zero attached hydrogens (tertiary/aromatic N) is 1. The lowest BCUT2D eigenvalue weighted by molar-refractivity contribution is -0.123. The number of benzene rings is 3. The lowest BCUT2D eigenvalue weighted by atomic mass is 10.2. The van der Waals surface area contributed by atoms with Crippen molar-refractivity contribution in [3.8, 4) is 11.5 Å². The summed E-state index contributed by atoms with van der Waals surface area (Å²) in [5.74, 6) is 0.861. The predicted octanol–water partition coefficient (Wildman–Crippen LogP) is 4.01. The maximum absolute atomic E-state index is 12.3. The summed E-state index contributed by atoms with van der Waals surface area (Å²) in [7, 11) is -1.94. The summed E-state index contributed by atoms with van der Waals surface area (Å²) >= 11 is 5.91. The average molecular weight is 489 g/mol. The molecular formula is C24H25ClN2O5S. The van der Waals surface area contributed by atoms with Crippen molar-refractivity contribution in [3.63, 3.8) is 0 Å². The normalized spacial score (nSPS) is 11.0. The monoisotopic (exact) mass is 488 g/mol. The van der Waals surface area contributed by atoms with Gasteiger partial charge in [-0.15, -0.1) is 0 Å². The van der Waals surface area contributed by atoms with E-state index in [1.54, 1.807) is 55.6 Å². The molecule has 174 valence electrons. The third-order valence-corrected chi connectivity index (χ3v) is 6.20. The van der Waals surface area contributed by atoms with Gasteiger partial charge in [0.2, 0.25) is 10.0 Å². The number of anilines is 1. The maximum Gasteiger partial charge on any atom is 0.258 e. The smallest absolute Gasteiger partial charge is 0.258 e. The predicted molar refractivity (Wildman–Crippen MR) is 129 cm³/mol. The first-order valence-electron chi connectivity index (χ1n) is 10.1. The number of hydrogen-bond acceptors (Lipinski definition) is 5. The molecule has 0 spiro atoms. The van der Waals surface area contributed by atoms with E-state index in [1.165, 1.54) is 4.31 Å². The summed E-state index contributed by atoms with van der Waals surface area (Å²) in [6, 6.07) is 20.9. The van der Waals surface area contributed by atoms with Crippen molar-refractivity contribution in [1.29, 1.82) is 0 Å². The molecule has 0 saturated carbocycles. The van der Waals surface area contributed by atoms with E-state index in [1.807, 2.05) is 24.3 Å². The molecule has 1 N–H and O–H groups in total. The van der Waals surface area contributed by atoms with Gasteiger partial charge in [-0.1, -0.05) is 41.9 Å². The molecule has 0 saturated heterocycles. The molecule has 3 rings (SSSR count). The number of sulfonamides is 1. The van der Waals surface area contributed by atoms with Crippen molar-refractivity contribution in [2.75, 3.05) is 24.3 Å². The zero-order valence-electron chi connectivity index (χ0n) is 18.3. The van der Waals surface area contributed by atoms with E-state index in [2.05, 4.69) is 5.32 Å². The minimum Gasteiger partial charge on any atom is -0.496 e. The van der Waals surface area contributed by atoms with Gasteiger partial charge in [-0.05, 0) is 48.0 Å². The molecule has 0 aromatic heterocycles. The highest BCUT2D eigenvalue weighted by atomic mass is 35.5. The number of carbonyl (C=O) groups excluding carboxylic acids is 1. The number of para-hydroxylation sites is 1. The molecule has 7 nitrogen and oxygen atoms in total. The first-order chi connectivity index (χ1) is 15.8. The van der Waals surface area contributed by atoms with Crippen molar-refractivity contribution in [1.82, 2.24) is 5.32 Å². The van der Waals surface area contributed by atoms with Gasteiger partial charge in [0.25, 0.3) is 5.91 Å². The molecule has 0 aliphatic heterocycles. The van der Waals surface area contributed by atoms with Crippen LogP contribution in [-0.4, -0.2) is 34.3 Å². The molecule has 9 heteroatoms. The van der Waals surface area contributed by atoms with Gasteiger partial charge in [0.15, 0.2) is 6.61 Å². The Kier molecular flexibility index (Phi) is 8.19. The zero-order chi connectivity index (χ0) is 23.8. The minimum absolute atomic E-state index is 0.168. The molecule has 0 bridgehead atoms. The summed E-state index contributed by atoms with van der Waals surface area (Å²) in [5, 5.41) is 3.37. The number of nitrogens with one attached hydrogen (secondary N) is 1. The van der Waals surface area contributed by atoms with Crippen LogP contribution in [0.25, 0.3) is 0 Å². The van der Waals surface area contributed by atoms with Crippen LogP contribution in [0.4, 0.5) is 5.69 Å². The molecule has 0 aliphatic carbocycles. The Morgan fingerprint density at radius 2 is 1.67 bits per heavy atom. The van der Waals surface area contributed by atoms with Crippen LogP contribution in [-0.2, 0) is 27.9 Å². The molecule has 1 amide bonds. The Bertz CT molecular complexity index is 1180. The highest BCUT2D eigenvalue weighted by Gasteiger charge is 2.18. The second-order valence-electron chi connectivity index (χ2n) is 7.27. The summed E-state index contributed by atoms with van der Waals surface area (Å²) < 4.78 is 36.8. The number of rotatable bonds is 10. The molecular weight excluding hydrogens is 464 g/mol. The maximum atomic E-state index is 12.3. The van der Waals surface area contributed by atoms with Crippen molar-refractivity contribution in [3.05, 3.63) is 88.9 Å². The Hall–Kier alpha value is -3.23. The Morgan fingerprint density at radius 3 is 2.30 bits per heavy atom. The second-order valence-corrected chi connectivity index (χ2v) is 9.61. The molecule has 33 heavy (non-hydrogen) atoms. The number of ether oxygens (including phenoxy) is 2. The fourth-order valence-electron chi connectivity index (χ4n) is 3.11. The van der Waals surface area contributed by atoms with Gasteiger partial charge in [-0.2, -0.15) is 0 Å². The van der Waals surface area contributed by atoms with Gasteiger partial charge in [-0.3, -0.25) is 9.10 Å². The van der Waals surface area contributed by atoms with Gasteiger partial charge >= 0.3 is 0 Å². The van der Waals surface area contributed by atoms with Gasteiger partial charge in [0.1, 0.15) is 11.5 Å². The topological polar surface area (TPSA) is 84.9 Å². The largest absolute Gasteiger partial charge is 0.496 e. The summed E-state index contributed by atoms with van der Waals surface area (Å²) in [4.78, 5) is 12.1. The molecule has 3 aromatic carbocycles. The lowest BCUT2D eigenvalue weighted by Gasteiger charge is -2.23. The van der Waals surface area contributed by atoms with Crippen molar-refractivity contribution in [2.24, 2.45) is 0 Å². The fourth-order valence-corrected chi connectivity index (χ4v) is 4.12. The third kappa shape index (κ3) is 7.13. The number of carbonyl (C=O) groups is 1. The number of methoxy groups -OCH3 is 1. The lowest BCUT2D eigenvalue weighted by Crippen LogP contribution is -2.29. The van der Waals surface area contributed by atoms with Crippen LogP contribution in [0.15, 0.2) is 72.8 Å². The van der Waals surface area contributed by atoms with Gasteiger partial charge < -0.3 is 14.8 Å². The third-order valence-electron chi connectivity index (χ3n) is 4.80. The highest BCUT2D eigenvalue weighted by Crippen LogP contribution is 2.24. The van der Waals surface area contributed by atoms with Crippen LogP contribution in [0.2, 0.25) is 5.02 Å². The fraction of sp³-hybridized carbons (Fsp3) is 0.208. The quantitative estimate of drug-likeness (QED) is 0.466. The van der Waals surface area contributed by atoms with E-state index >= 15 is 0 Å². The average Bonchev–Trinajstić information content (AvgIpc) is 2.81. The summed E-state index contributed by atoms with van der Waals surface area (Å²) in [6.45, 7) is 0.315. The minimum atomic E-state index is -3.52. The summed E-state index contributed by atoms with van der Waals surface area (Å²) in [5.41, 5.74) is 2.15. The zero-order valence-corrected chi connectivity index (χ0v) is 19.9. The Morgan fingerprint density at radius 1 is 1.00 bits per heavy atom. The van der Waals surface area contributed by atoms with Crippen LogP contribution < -0.4 is 19.1 Å². The molecule has 0 aliphatic rings. The molecule has 0 radical (unpaired) electrons. The van der Waals surface area contributed by atoms with Crippen molar-refractivity contribution >= 4 is 33.2 Å². The molecule has 0 unspecified atom stereocenters. The van der Waals surface area contributed by atoms with Crippen LogP contribution in [0.3, 0.4) is 0 Å². The van der Waals surface area contributed by atoms with Crippen LogP contribution in [0, 0.1) is 0 Å². The van der Waals surface area contributed by atoms with E-state index in [0.29, 0.717) is 28.8 Å².